The van der Waals surface area contributed by atoms with Gasteiger partial charge in [0.2, 0.25) is 15.9 Å². The first kappa shape index (κ1) is 19.4. The average molecular weight is 402 g/mol. The Labute approximate surface area is 155 Å². The van der Waals surface area contributed by atoms with E-state index in [0.29, 0.717) is 5.69 Å². The Morgan fingerprint density at radius 3 is 2.44 bits per heavy atom. The van der Waals surface area contributed by atoms with Gasteiger partial charge in [-0.1, -0.05) is 0 Å². The van der Waals surface area contributed by atoms with Crippen molar-refractivity contribution in [2.75, 3.05) is 26.2 Å². The molecule has 0 saturated carbocycles. The predicted molar refractivity (Wildman–Crippen MR) is 90.5 cm³/mol. The molecule has 1 aliphatic rings. The predicted octanol–water partition coefficient (Wildman–Crippen LogP) is 0.396. The van der Waals surface area contributed by atoms with Gasteiger partial charge in [-0.3, -0.25) is 14.2 Å². The lowest BCUT2D eigenvalue weighted by Gasteiger charge is -2.33. The second kappa shape index (κ2) is 7.35. The molecule has 2 aromatic rings. The molecule has 0 aliphatic carbocycles. The van der Waals surface area contributed by atoms with Gasteiger partial charge in [0, 0.05) is 45.1 Å². The van der Waals surface area contributed by atoms with Gasteiger partial charge < -0.3 is 4.90 Å². The number of hydrogen-bond acceptors (Lipinski definition) is 5. The molecule has 0 radical (unpaired) electrons. The zero-order valence-electron chi connectivity index (χ0n) is 14.9. The molecule has 0 atom stereocenters. The topological polar surface area (TPSA) is 93.3 Å². The minimum Gasteiger partial charge on any atom is -0.338 e. The van der Waals surface area contributed by atoms with E-state index in [-0.39, 0.29) is 49.2 Å². The summed E-state index contributed by atoms with van der Waals surface area (Å²) < 4.78 is 54.5. The van der Waals surface area contributed by atoms with E-state index < -0.39 is 16.4 Å². The summed E-state index contributed by atoms with van der Waals surface area (Å²) >= 11 is 0. The monoisotopic (exact) mass is 402 g/mol. The standard InChI is InChI=1S/C15H20F2N6O3S/c1-11-7-13(15(16)17)19-23(11)10-14(24)21-3-5-22(6-4-21)27(25,26)12-8-18-20(2)9-12/h7-9,15H,3-6,10H2,1-2H3. The third-order valence-electron chi connectivity index (χ3n) is 4.42. The summed E-state index contributed by atoms with van der Waals surface area (Å²) in [4.78, 5) is 14.0. The molecule has 0 spiro atoms. The molecular formula is C15H20F2N6O3S. The number of alkyl halides is 2. The highest BCUT2D eigenvalue weighted by Gasteiger charge is 2.31. The van der Waals surface area contributed by atoms with Crippen LogP contribution < -0.4 is 0 Å². The SMILES string of the molecule is Cc1cc(C(F)F)nn1CC(=O)N1CCN(S(=O)(=O)c2cnn(C)c2)CC1. The van der Waals surface area contributed by atoms with Crippen molar-refractivity contribution in [1.29, 1.82) is 0 Å². The molecule has 0 unspecified atom stereocenters. The van der Waals surface area contributed by atoms with Crippen LogP contribution in [0.25, 0.3) is 0 Å². The molecule has 27 heavy (non-hydrogen) atoms. The van der Waals surface area contributed by atoms with Crippen molar-refractivity contribution in [2.45, 2.75) is 24.8 Å². The summed E-state index contributed by atoms with van der Waals surface area (Å²) in [5.41, 5.74) is 0.101. The Bertz CT molecular complexity index is 931. The molecule has 3 heterocycles. The van der Waals surface area contributed by atoms with Gasteiger partial charge in [0.15, 0.2) is 0 Å². The van der Waals surface area contributed by atoms with E-state index in [1.54, 1.807) is 14.0 Å². The van der Waals surface area contributed by atoms with Gasteiger partial charge in [-0.05, 0) is 13.0 Å². The van der Waals surface area contributed by atoms with E-state index in [1.165, 1.54) is 37.0 Å². The van der Waals surface area contributed by atoms with Crippen LogP contribution >= 0.6 is 0 Å². The highest BCUT2D eigenvalue weighted by molar-refractivity contribution is 7.89. The van der Waals surface area contributed by atoms with Crippen molar-refractivity contribution in [3.8, 4) is 0 Å². The van der Waals surface area contributed by atoms with Gasteiger partial charge in [-0.15, -0.1) is 0 Å². The fraction of sp³-hybridized carbons (Fsp3) is 0.533. The fourth-order valence-electron chi connectivity index (χ4n) is 2.89. The van der Waals surface area contributed by atoms with Crippen molar-refractivity contribution in [3.05, 3.63) is 29.8 Å². The summed E-state index contributed by atoms with van der Waals surface area (Å²) in [6.07, 6.45) is 0.0169. The van der Waals surface area contributed by atoms with E-state index in [0.717, 1.165) is 0 Å². The smallest absolute Gasteiger partial charge is 0.282 e. The Balaban J connectivity index is 1.61. The lowest BCUT2D eigenvalue weighted by molar-refractivity contribution is -0.133. The van der Waals surface area contributed by atoms with Gasteiger partial charge in [-0.2, -0.15) is 14.5 Å². The third kappa shape index (κ3) is 4.00. The van der Waals surface area contributed by atoms with Crippen molar-refractivity contribution in [1.82, 2.24) is 28.8 Å². The number of sulfonamides is 1. The highest BCUT2D eigenvalue weighted by Crippen LogP contribution is 2.19. The van der Waals surface area contributed by atoms with Crippen molar-refractivity contribution >= 4 is 15.9 Å². The molecule has 0 aromatic carbocycles. The summed E-state index contributed by atoms with van der Waals surface area (Å²) in [7, 11) is -2.02. The molecule has 2 aromatic heterocycles. The maximum Gasteiger partial charge on any atom is 0.282 e. The van der Waals surface area contributed by atoms with Crippen LogP contribution in [0.1, 0.15) is 17.8 Å². The van der Waals surface area contributed by atoms with Crippen molar-refractivity contribution < 1.29 is 22.0 Å². The number of aromatic nitrogens is 4. The summed E-state index contributed by atoms with van der Waals surface area (Å²) in [6, 6.07) is 1.25. The number of rotatable bonds is 5. The number of hydrogen-bond donors (Lipinski definition) is 0. The Kier molecular flexibility index (Phi) is 5.29. The molecule has 0 bridgehead atoms. The van der Waals surface area contributed by atoms with E-state index in [2.05, 4.69) is 10.2 Å². The molecule has 1 fully saturated rings. The zero-order chi connectivity index (χ0) is 19.8. The number of carbonyl (C=O) groups excluding carboxylic acids is 1. The number of aryl methyl sites for hydroxylation is 2. The second-order valence-corrected chi connectivity index (χ2v) is 8.24. The van der Waals surface area contributed by atoms with Crippen molar-refractivity contribution in [2.24, 2.45) is 7.05 Å². The lowest BCUT2D eigenvalue weighted by atomic mass is 10.3. The van der Waals surface area contributed by atoms with Crippen LogP contribution in [0.5, 0.6) is 0 Å². The molecule has 9 nitrogen and oxygen atoms in total. The van der Waals surface area contributed by atoms with Crippen LogP contribution in [0.3, 0.4) is 0 Å². The molecule has 12 heteroatoms. The first-order chi connectivity index (χ1) is 12.7. The van der Waals surface area contributed by atoms with Gasteiger partial charge in [0.25, 0.3) is 6.43 Å². The van der Waals surface area contributed by atoms with Crippen LogP contribution in [0.15, 0.2) is 23.4 Å². The highest BCUT2D eigenvalue weighted by atomic mass is 32.2. The summed E-state index contributed by atoms with van der Waals surface area (Å²) in [5.74, 6) is -0.291. The number of carbonyl (C=O) groups is 1. The van der Waals surface area contributed by atoms with E-state index in [9.17, 15) is 22.0 Å². The lowest BCUT2D eigenvalue weighted by Crippen LogP contribution is -2.51. The number of halogens is 2. The number of piperazine rings is 1. The molecule has 1 saturated heterocycles. The van der Waals surface area contributed by atoms with E-state index >= 15 is 0 Å². The van der Waals surface area contributed by atoms with Gasteiger partial charge in [-0.25, -0.2) is 17.2 Å². The Morgan fingerprint density at radius 1 is 1.26 bits per heavy atom. The third-order valence-corrected chi connectivity index (χ3v) is 6.27. The van der Waals surface area contributed by atoms with Gasteiger partial charge in [0.1, 0.15) is 17.1 Å². The number of nitrogens with zero attached hydrogens (tertiary/aromatic N) is 6. The summed E-state index contributed by atoms with van der Waals surface area (Å²) in [6.45, 7) is 2.20. The van der Waals surface area contributed by atoms with E-state index in [1.807, 2.05) is 0 Å². The average Bonchev–Trinajstić information content (AvgIpc) is 3.22. The normalized spacial score (nSPS) is 16.3. The van der Waals surface area contributed by atoms with Crippen LogP contribution in [0.4, 0.5) is 8.78 Å². The molecule has 1 aliphatic heterocycles. The minimum absolute atomic E-state index is 0.108. The minimum atomic E-state index is -3.65. The van der Waals surface area contributed by atoms with Crippen LogP contribution in [-0.2, 0) is 28.4 Å². The largest absolute Gasteiger partial charge is 0.338 e. The van der Waals surface area contributed by atoms with Crippen LogP contribution in [0.2, 0.25) is 0 Å². The van der Waals surface area contributed by atoms with E-state index in [4.69, 9.17) is 0 Å². The molecule has 148 valence electrons. The number of amides is 1. The summed E-state index contributed by atoms with van der Waals surface area (Å²) in [5, 5.41) is 7.62. The molecule has 1 amide bonds. The molecular weight excluding hydrogens is 382 g/mol. The van der Waals surface area contributed by atoms with Crippen molar-refractivity contribution in [3.63, 3.8) is 0 Å². The van der Waals surface area contributed by atoms with Gasteiger partial charge >= 0.3 is 0 Å². The van der Waals surface area contributed by atoms with Gasteiger partial charge in [0.05, 0.1) is 6.20 Å². The fourth-order valence-corrected chi connectivity index (χ4v) is 4.30. The maximum absolute atomic E-state index is 12.7. The Morgan fingerprint density at radius 2 is 1.93 bits per heavy atom. The zero-order valence-corrected chi connectivity index (χ0v) is 15.7. The Hall–Kier alpha value is -2.34. The quantitative estimate of drug-likeness (QED) is 0.722. The van der Waals surface area contributed by atoms with Crippen LogP contribution in [-0.4, -0.2) is 69.3 Å². The molecule has 3 rings (SSSR count). The first-order valence-electron chi connectivity index (χ1n) is 8.27. The maximum atomic E-state index is 12.7. The second-order valence-electron chi connectivity index (χ2n) is 6.30. The van der Waals surface area contributed by atoms with Crippen LogP contribution in [0, 0.1) is 6.92 Å². The molecule has 0 N–H and O–H groups in total. The first-order valence-corrected chi connectivity index (χ1v) is 9.71.